The summed E-state index contributed by atoms with van der Waals surface area (Å²) in [7, 11) is 0. The summed E-state index contributed by atoms with van der Waals surface area (Å²) in [6.07, 6.45) is -1.80. The lowest BCUT2D eigenvalue weighted by Crippen LogP contribution is -2.45. The van der Waals surface area contributed by atoms with Crippen LogP contribution in [0, 0.1) is 10.1 Å². The van der Waals surface area contributed by atoms with E-state index in [2.05, 4.69) is 0 Å². The fraction of sp³-hybridized carbons (Fsp3) is 0.385. The Morgan fingerprint density at radius 2 is 2.00 bits per heavy atom. The molecule has 1 aromatic rings. The van der Waals surface area contributed by atoms with Crippen LogP contribution in [0.2, 0.25) is 0 Å². The molecule has 0 radical (unpaired) electrons. The van der Waals surface area contributed by atoms with Crippen molar-refractivity contribution < 1.29 is 29.5 Å². The van der Waals surface area contributed by atoms with E-state index in [1.165, 1.54) is 24.3 Å². The van der Waals surface area contributed by atoms with E-state index in [0.717, 1.165) is 4.90 Å². The number of carboxylic acids is 1. The number of hydrogen-bond acceptors (Lipinski definition) is 6. The van der Waals surface area contributed by atoms with Gasteiger partial charge in [0.1, 0.15) is 6.61 Å². The summed E-state index contributed by atoms with van der Waals surface area (Å²) in [6.45, 7) is -0.0486. The number of hydrogen-bond donors (Lipinski definition) is 2. The molecule has 0 aliphatic carbocycles. The Kier molecular flexibility index (Phi) is 4.56. The first-order valence-corrected chi connectivity index (χ1v) is 6.47. The second-order valence-corrected chi connectivity index (χ2v) is 4.81. The number of benzene rings is 1. The summed E-state index contributed by atoms with van der Waals surface area (Å²) in [4.78, 5) is 33.8. The molecule has 118 valence electrons. The molecule has 1 heterocycles. The minimum atomic E-state index is -1.32. The largest absolute Gasteiger partial charge is 0.480 e. The van der Waals surface area contributed by atoms with Gasteiger partial charge in [-0.3, -0.25) is 15.0 Å². The normalized spacial score (nSPS) is 20.7. The molecule has 1 saturated heterocycles. The molecule has 9 heteroatoms. The second-order valence-electron chi connectivity index (χ2n) is 4.81. The Balaban J connectivity index is 1.95. The van der Waals surface area contributed by atoms with Crippen LogP contribution in [0.3, 0.4) is 0 Å². The average Bonchev–Trinajstić information content (AvgIpc) is 2.87. The second kappa shape index (κ2) is 6.39. The van der Waals surface area contributed by atoms with E-state index in [-0.39, 0.29) is 25.3 Å². The average molecular weight is 310 g/mol. The van der Waals surface area contributed by atoms with Gasteiger partial charge in [0.15, 0.2) is 6.04 Å². The van der Waals surface area contributed by atoms with E-state index >= 15 is 0 Å². The van der Waals surface area contributed by atoms with Crippen molar-refractivity contribution in [1.82, 2.24) is 4.90 Å². The number of ether oxygens (including phenoxy) is 1. The van der Waals surface area contributed by atoms with Gasteiger partial charge < -0.3 is 14.9 Å². The number of carbonyl (C=O) groups excluding carboxylic acids is 1. The summed E-state index contributed by atoms with van der Waals surface area (Å²) >= 11 is 0. The van der Waals surface area contributed by atoms with Crippen LogP contribution in [-0.2, 0) is 16.1 Å². The summed E-state index contributed by atoms with van der Waals surface area (Å²) in [5, 5.41) is 29.1. The lowest BCUT2D eigenvalue weighted by Gasteiger charge is -2.22. The Morgan fingerprint density at radius 3 is 2.55 bits per heavy atom. The lowest BCUT2D eigenvalue weighted by atomic mass is 10.2. The number of aliphatic hydroxyl groups excluding tert-OH is 1. The first-order chi connectivity index (χ1) is 10.4. The minimum Gasteiger partial charge on any atom is -0.480 e. The zero-order chi connectivity index (χ0) is 16.3. The highest BCUT2D eigenvalue weighted by atomic mass is 16.6. The third-order valence-electron chi connectivity index (χ3n) is 3.36. The number of aliphatic hydroxyl groups is 1. The monoisotopic (exact) mass is 310 g/mol. The van der Waals surface area contributed by atoms with Gasteiger partial charge in [0.2, 0.25) is 0 Å². The van der Waals surface area contributed by atoms with Crippen molar-refractivity contribution in [1.29, 1.82) is 0 Å². The lowest BCUT2D eigenvalue weighted by molar-refractivity contribution is -0.384. The summed E-state index contributed by atoms with van der Waals surface area (Å²) < 4.78 is 4.98. The summed E-state index contributed by atoms with van der Waals surface area (Å²) in [5.41, 5.74) is 0.453. The predicted molar refractivity (Wildman–Crippen MR) is 72.0 cm³/mol. The molecule has 1 aliphatic heterocycles. The molecule has 2 N–H and O–H groups in total. The van der Waals surface area contributed by atoms with Crippen molar-refractivity contribution in [3.63, 3.8) is 0 Å². The molecular weight excluding hydrogens is 296 g/mol. The number of likely N-dealkylation sites (tertiary alicyclic amines) is 1. The number of aliphatic carboxylic acids is 1. The third-order valence-corrected chi connectivity index (χ3v) is 3.36. The number of nitro groups is 1. The number of amides is 1. The molecule has 0 bridgehead atoms. The molecule has 1 aliphatic rings. The van der Waals surface area contributed by atoms with E-state index < -0.39 is 29.1 Å². The summed E-state index contributed by atoms with van der Waals surface area (Å²) in [6, 6.07) is 4.13. The van der Waals surface area contributed by atoms with Gasteiger partial charge in [0.25, 0.3) is 5.69 Å². The van der Waals surface area contributed by atoms with Crippen molar-refractivity contribution in [2.24, 2.45) is 0 Å². The van der Waals surface area contributed by atoms with Crippen LogP contribution >= 0.6 is 0 Å². The maximum atomic E-state index is 11.9. The van der Waals surface area contributed by atoms with E-state index in [9.17, 15) is 24.8 Å². The highest BCUT2D eigenvalue weighted by Gasteiger charge is 2.41. The Bertz CT molecular complexity index is 587. The molecule has 1 aromatic carbocycles. The molecule has 22 heavy (non-hydrogen) atoms. The SMILES string of the molecule is O=C(O)[C@@H]1C(O)CCN1C(=O)OCc1ccc([N+](=O)[O-])cc1. The van der Waals surface area contributed by atoms with Gasteiger partial charge >= 0.3 is 12.1 Å². The van der Waals surface area contributed by atoms with Gasteiger partial charge in [0, 0.05) is 18.7 Å². The number of carboxylic acid groups (broad SMARTS) is 1. The van der Waals surface area contributed by atoms with Crippen LogP contribution in [0.1, 0.15) is 12.0 Å². The van der Waals surface area contributed by atoms with Gasteiger partial charge in [-0.1, -0.05) is 0 Å². The predicted octanol–water partition coefficient (Wildman–Crippen LogP) is 0.751. The van der Waals surface area contributed by atoms with Gasteiger partial charge in [-0.2, -0.15) is 0 Å². The van der Waals surface area contributed by atoms with E-state index in [4.69, 9.17) is 9.84 Å². The van der Waals surface area contributed by atoms with Crippen molar-refractivity contribution in [2.45, 2.75) is 25.2 Å². The Hall–Kier alpha value is -2.68. The van der Waals surface area contributed by atoms with Crippen molar-refractivity contribution in [3.8, 4) is 0 Å². The minimum absolute atomic E-state index is 0.0799. The zero-order valence-corrected chi connectivity index (χ0v) is 11.4. The molecule has 2 atom stereocenters. The first-order valence-electron chi connectivity index (χ1n) is 6.47. The number of nitrogens with zero attached hydrogens (tertiary/aromatic N) is 2. The highest BCUT2D eigenvalue weighted by molar-refractivity contribution is 5.81. The Labute approximate surface area is 124 Å². The van der Waals surface area contributed by atoms with Crippen molar-refractivity contribution in [3.05, 3.63) is 39.9 Å². The molecule has 1 fully saturated rings. The molecule has 2 rings (SSSR count). The Morgan fingerprint density at radius 1 is 1.36 bits per heavy atom. The highest BCUT2D eigenvalue weighted by Crippen LogP contribution is 2.20. The van der Waals surface area contributed by atoms with Crippen LogP contribution in [0.4, 0.5) is 10.5 Å². The van der Waals surface area contributed by atoms with Gasteiger partial charge in [0.05, 0.1) is 11.0 Å². The van der Waals surface area contributed by atoms with Crippen LogP contribution < -0.4 is 0 Å². The first kappa shape index (κ1) is 15.7. The number of non-ortho nitro benzene ring substituents is 1. The van der Waals surface area contributed by atoms with Crippen LogP contribution in [0.5, 0.6) is 0 Å². The smallest absolute Gasteiger partial charge is 0.410 e. The molecule has 0 aromatic heterocycles. The maximum absolute atomic E-state index is 11.9. The van der Waals surface area contributed by atoms with E-state index in [0.29, 0.717) is 5.56 Å². The molecule has 0 spiro atoms. The van der Waals surface area contributed by atoms with Crippen LogP contribution in [-0.4, -0.2) is 50.8 Å². The van der Waals surface area contributed by atoms with E-state index in [1.807, 2.05) is 0 Å². The number of nitro benzene ring substituents is 1. The number of carbonyl (C=O) groups is 2. The molecule has 0 saturated carbocycles. The summed E-state index contributed by atoms with van der Waals surface area (Å²) in [5.74, 6) is -1.29. The van der Waals surface area contributed by atoms with Crippen LogP contribution in [0.25, 0.3) is 0 Å². The zero-order valence-electron chi connectivity index (χ0n) is 11.4. The molecule has 1 amide bonds. The van der Waals surface area contributed by atoms with Crippen molar-refractivity contribution >= 4 is 17.7 Å². The van der Waals surface area contributed by atoms with Crippen molar-refractivity contribution in [2.75, 3.05) is 6.54 Å². The molecule has 9 nitrogen and oxygen atoms in total. The fourth-order valence-corrected chi connectivity index (χ4v) is 2.22. The van der Waals surface area contributed by atoms with E-state index in [1.54, 1.807) is 0 Å². The number of rotatable bonds is 4. The van der Waals surface area contributed by atoms with Crippen LogP contribution in [0.15, 0.2) is 24.3 Å². The third kappa shape index (κ3) is 3.31. The van der Waals surface area contributed by atoms with Gasteiger partial charge in [-0.15, -0.1) is 0 Å². The fourth-order valence-electron chi connectivity index (χ4n) is 2.22. The quantitative estimate of drug-likeness (QED) is 0.619. The van der Waals surface area contributed by atoms with Gasteiger partial charge in [-0.05, 0) is 24.1 Å². The topological polar surface area (TPSA) is 130 Å². The molecule has 1 unspecified atom stereocenters. The van der Waals surface area contributed by atoms with Gasteiger partial charge in [-0.25, -0.2) is 9.59 Å². The molecular formula is C13H14N2O7. The maximum Gasteiger partial charge on any atom is 0.410 e. The standard InChI is InChI=1S/C13H14N2O7/c16-10-5-6-14(11(10)12(17)18)13(19)22-7-8-1-3-9(4-2-8)15(20)21/h1-4,10-11,16H,5-7H2,(H,17,18)/t10?,11-/m0/s1.